The Bertz CT molecular complexity index is 343. The first kappa shape index (κ1) is 13.4. The van der Waals surface area contributed by atoms with Gasteiger partial charge in [0.1, 0.15) is 4.34 Å². The van der Waals surface area contributed by atoms with Crippen molar-refractivity contribution in [3.05, 3.63) is 15.5 Å². The average Bonchev–Trinajstić information content (AvgIpc) is 2.61. The van der Waals surface area contributed by atoms with Crippen molar-refractivity contribution in [2.45, 2.75) is 32.2 Å². The molecule has 1 heterocycles. The first-order valence-electron chi connectivity index (χ1n) is 5.13. The van der Waals surface area contributed by atoms with E-state index < -0.39 is 0 Å². The number of carbonyl (C=O) groups excluding carboxylic acids is 1. The Morgan fingerprint density at radius 2 is 2.50 bits per heavy atom. The molecule has 1 aromatic heterocycles. The van der Waals surface area contributed by atoms with Crippen LogP contribution in [0.2, 0.25) is 4.34 Å². The SMILES string of the molecule is CCOC(=O)CCC(N)Cc1ncc(Cl)s1. The number of rotatable bonds is 6. The summed E-state index contributed by atoms with van der Waals surface area (Å²) in [4.78, 5) is 15.2. The molecule has 0 bridgehead atoms. The van der Waals surface area contributed by atoms with Crippen LogP contribution in [0.4, 0.5) is 0 Å². The third kappa shape index (κ3) is 4.92. The van der Waals surface area contributed by atoms with E-state index in [1.807, 2.05) is 0 Å². The summed E-state index contributed by atoms with van der Waals surface area (Å²) in [5, 5.41) is 0.904. The molecule has 1 rings (SSSR count). The van der Waals surface area contributed by atoms with Crippen LogP contribution >= 0.6 is 22.9 Å². The van der Waals surface area contributed by atoms with Crippen LogP contribution in [0.25, 0.3) is 0 Å². The van der Waals surface area contributed by atoms with Crippen molar-refractivity contribution >= 4 is 28.9 Å². The van der Waals surface area contributed by atoms with Crippen molar-refractivity contribution in [1.82, 2.24) is 4.98 Å². The predicted octanol–water partition coefficient (Wildman–Crippen LogP) is 2.01. The number of esters is 1. The summed E-state index contributed by atoms with van der Waals surface area (Å²) >= 11 is 7.17. The van der Waals surface area contributed by atoms with Crippen molar-refractivity contribution in [3.63, 3.8) is 0 Å². The van der Waals surface area contributed by atoms with Gasteiger partial charge in [-0.25, -0.2) is 4.98 Å². The van der Waals surface area contributed by atoms with Crippen LogP contribution in [-0.4, -0.2) is 23.6 Å². The van der Waals surface area contributed by atoms with E-state index in [4.69, 9.17) is 22.1 Å². The summed E-state index contributed by atoms with van der Waals surface area (Å²) in [6.45, 7) is 2.20. The molecule has 0 aliphatic heterocycles. The number of ether oxygens (including phenoxy) is 1. The zero-order valence-electron chi connectivity index (χ0n) is 9.11. The smallest absolute Gasteiger partial charge is 0.305 e. The largest absolute Gasteiger partial charge is 0.466 e. The van der Waals surface area contributed by atoms with Gasteiger partial charge < -0.3 is 10.5 Å². The third-order valence-electron chi connectivity index (χ3n) is 1.99. The Hall–Kier alpha value is -0.650. The molecule has 4 nitrogen and oxygen atoms in total. The van der Waals surface area contributed by atoms with E-state index in [0.29, 0.717) is 30.2 Å². The summed E-state index contributed by atoms with van der Waals surface area (Å²) < 4.78 is 5.48. The van der Waals surface area contributed by atoms with Gasteiger partial charge >= 0.3 is 5.97 Å². The molecule has 0 spiro atoms. The fourth-order valence-corrected chi connectivity index (χ4v) is 2.29. The topological polar surface area (TPSA) is 65.2 Å². The quantitative estimate of drug-likeness (QED) is 0.797. The Labute approximate surface area is 104 Å². The van der Waals surface area contributed by atoms with E-state index in [2.05, 4.69) is 4.98 Å². The van der Waals surface area contributed by atoms with E-state index in [1.165, 1.54) is 11.3 Å². The molecule has 1 aromatic rings. The number of nitrogens with zero attached hydrogens (tertiary/aromatic N) is 1. The minimum absolute atomic E-state index is 0.0772. The third-order valence-corrected chi connectivity index (χ3v) is 3.12. The van der Waals surface area contributed by atoms with E-state index in [9.17, 15) is 4.79 Å². The maximum atomic E-state index is 11.1. The van der Waals surface area contributed by atoms with E-state index in [1.54, 1.807) is 13.1 Å². The molecule has 0 radical (unpaired) electrons. The first-order valence-corrected chi connectivity index (χ1v) is 6.32. The molecule has 90 valence electrons. The molecular weight excluding hydrogens is 248 g/mol. The number of halogens is 1. The summed E-state index contributed by atoms with van der Waals surface area (Å²) in [7, 11) is 0. The molecule has 1 atom stereocenters. The monoisotopic (exact) mass is 262 g/mol. The number of aromatic nitrogens is 1. The van der Waals surface area contributed by atoms with Crippen molar-refractivity contribution in [2.24, 2.45) is 5.73 Å². The lowest BCUT2D eigenvalue weighted by Crippen LogP contribution is -2.24. The van der Waals surface area contributed by atoms with Gasteiger partial charge in [0.15, 0.2) is 0 Å². The van der Waals surface area contributed by atoms with E-state index in [-0.39, 0.29) is 12.0 Å². The predicted molar refractivity (Wildman–Crippen MR) is 64.7 cm³/mol. The maximum Gasteiger partial charge on any atom is 0.305 e. The van der Waals surface area contributed by atoms with Gasteiger partial charge in [0.2, 0.25) is 0 Å². The minimum atomic E-state index is -0.199. The zero-order chi connectivity index (χ0) is 12.0. The number of nitrogens with two attached hydrogens (primary N) is 1. The molecular formula is C10H15ClN2O2S. The zero-order valence-corrected chi connectivity index (χ0v) is 10.7. The average molecular weight is 263 g/mol. The number of thiazole rings is 1. The first-order chi connectivity index (χ1) is 7.61. The van der Waals surface area contributed by atoms with Crippen LogP contribution < -0.4 is 5.73 Å². The van der Waals surface area contributed by atoms with Crippen molar-refractivity contribution in [2.75, 3.05) is 6.61 Å². The highest BCUT2D eigenvalue weighted by atomic mass is 35.5. The van der Waals surface area contributed by atoms with Gasteiger partial charge in [-0.3, -0.25) is 4.79 Å². The lowest BCUT2D eigenvalue weighted by atomic mass is 10.1. The van der Waals surface area contributed by atoms with Gasteiger partial charge in [0, 0.05) is 18.9 Å². The highest BCUT2D eigenvalue weighted by molar-refractivity contribution is 7.15. The van der Waals surface area contributed by atoms with Gasteiger partial charge in [-0.05, 0) is 13.3 Å². The molecule has 0 aliphatic carbocycles. The van der Waals surface area contributed by atoms with Crippen LogP contribution in [0, 0.1) is 0 Å². The molecule has 2 N–H and O–H groups in total. The van der Waals surface area contributed by atoms with Crippen LogP contribution in [0.5, 0.6) is 0 Å². The number of carbonyl (C=O) groups is 1. The molecule has 0 saturated carbocycles. The van der Waals surface area contributed by atoms with Crippen molar-refractivity contribution < 1.29 is 9.53 Å². The normalized spacial score (nSPS) is 12.4. The van der Waals surface area contributed by atoms with Gasteiger partial charge in [-0.15, -0.1) is 11.3 Å². The highest BCUT2D eigenvalue weighted by Crippen LogP contribution is 2.19. The van der Waals surface area contributed by atoms with Gasteiger partial charge in [-0.1, -0.05) is 11.6 Å². The lowest BCUT2D eigenvalue weighted by Gasteiger charge is -2.08. The van der Waals surface area contributed by atoms with Crippen molar-refractivity contribution in [3.8, 4) is 0 Å². The Morgan fingerprint density at radius 3 is 3.06 bits per heavy atom. The van der Waals surface area contributed by atoms with E-state index >= 15 is 0 Å². The Balaban J connectivity index is 2.25. The Kier molecular flexibility index (Phi) is 5.73. The van der Waals surface area contributed by atoms with Gasteiger partial charge in [0.05, 0.1) is 17.8 Å². The summed E-state index contributed by atoms with van der Waals surface area (Å²) in [6, 6.07) is -0.0772. The fourth-order valence-electron chi connectivity index (χ4n) is 1.25. The summed E-state index contributed by atoms with van der Waals surface area (Å²) in [6.07, 6.45) is 3.22. The van der Waals surface area contributed by atoms with Gasteiger partial charge in [0.25, 0.3) is 0 Å². The maximum absolute atomic E-state index is 11.1. The second-order valence-corrected chi connectivity index (χ2v) is 5.11. The molecule has 6 heteroatoms. The molecule has 0 amide bonds. The lowest BCUT2D eigenvalue weighted by molar-refractivity contribution is -0.143. The Morgan fingerprint density at radius 1 is 1.75 bits per heavy atom. The summed E-state index contributed by atoms with van der Waals surface area (Å²) in [5.41, 5.74) is 5.88. The molecule has 0 saturated heterocycles. The van der Waals surface area contributed by atoms with Crippen LogP contribution in [0.1, 0.15) is 24.8 Å². The minimum Gasteiger partial charge on any atom is -0.466 e. The summed E-state index contributed by atoms with van der Waals surface area (Å²) in [5.74, 6) is -0.199. The molecule has 0 fully saturated rings. The van der Waals surface area contributed by atoms with E-state index in [0.717, 1.165) is 5.01 Å². The second kappa shape index (κ2) is 6.83. The van der Waals surface area contributed by atoms with Crippen LogP contribution in [0.3, 0.4) is 0 Å². The van der Waals surface area contributed by atoms with Gasteiger partial charge in [-0.2, -0.15) is 0 Å². The molecule has 0 aliphatic rings. The number of hydrogen-bond donors (Lipinski definition) is 1. The van der Waals surface area contributed by atoms with Crippen molar-refractivity contribution in [1.29, 1.82) is 0 Å². The second-order valence-electron chi connectivity index (χ2n) is 3.37. The highest BCUT2D eigenvalue weighted by Gasteiger charge is 2.10. The fraction of sp³-hybridized carbons (Fsp3) is 0.600. The molecule has 0 aromatic carbocycles. The number of hydrogen-bond acceptors (Lipinski definition) is 5. The molecule has 1 unspecified atom stereocenters. The standard InChI is InChI=1S/C10H15ClN2O2S/c1-2-15-10(14)4-3-7(12)5-9-13-6-8(11)16-9/h6-7H,2-5,12H2,1H3. The molecule has 16 heavy (non-hydrogen) atoms. The van der Waals surface area contributed by atoms with Crippen LogP contribution in [-0.2, 0) is 16.0 Å². The van der Waals surface area contributed by atoms with Crippen LogP contribution in [0.15, 0.2) is 6.20 Å².